The first-order chi connectivity index (χ1) is 8.00. The Kier molecular flexibility index (Phi) is 4.72. The third kappa shape index (κ3) is 3.87. The van der Waals surface area contributed by atoms with E-state index in [1.807, 2.05) is 13.8 Å². The van der Waals surface area contributed by atoms with Crippen LogP contribution in [-0.4, -0.2) is 32.3 Å². The highest BCUT2D eigenvalue weighted by Gasteiger charge is 2.20. The van der Waals surface area contributed by atoms with Gasteiger partial charge < -0.3 is 19.2 Å². The average Bonchev–Trinajstić information content (AvgIpc) is 2.73. The fraction of sp³-hybridized carbons (Fsp3) is 0.583. The third-order valence-corrected chi connectivity index (χ3v) is 2.38. The Morgan fingerprint density at radius 2 is 2.18 bits per heavy atom. The van der Waals surface area contributed by atoms with Crippen molar-refractivity contribution in [3.05, 3.63) is 23.7 Å². The van der Waals surface area contributed by atoms with Crippen LogP contribution < -0.4 is 5.32 Å². The van der Waals surface area contributed by atoms with Gasteiger partial charge in [0.1, 0.15) is 0 Å². The lowest BCUT2D eigenvalue weighted by molar-refractivity contribution is 0.0562. The quantitative estimate of drug-likeness (QED) is 0.766. The molecule has 0 fully saturated rings. The zero-order valence-electron chi connectivity index (χ0n) is 10.7. The maximum absolute atomic E-state index is 11.4. The smallest absolute Gasteiger partial charge is 0.374 e. The second-order valence-corrected chi connectivity index (χ2v) is 4.44. The molecule has 0 saturated heterocycles. The molecule has 0 aliphatic carbocycles. The van der Waals surface area contributed by atoms with Gasteiger partial charge in [-0.3, -0.25) is 0 Å². The molecular weight excluding hydrogens is 222 g/mol. The standard InChI is InChI=1S/C12H19NO4/c1-12(2,8-15-3)13-7-9-5-6-17-10(9)11(14)16-4/h5-6,13H,7-8H2,1-4H3. The lowest BCUT2D eigenvalue weighted by Gasteiger charge is -2.25. The Morgan fingerprint density at radius 3 is 2.76 bits per heavy atom. The van der Waals surface area contributed by atoms with Crippen LogP contribution in [0.1, 0.15) is 30.0 Å². The van der Waals surface area contributed by atoms with E-state index < -0.39 is 5.97 Å². The van der Waals surface area contributed by atoms with Crippen LogP contribution in [0.15, 0.2) is 16.7 Å². The summed E-state index contributed by atoms with van der Waals surface area (Å²) in [6.07, 6.45) is 1.48. The van der Waals surface area contributed by atoms with Gasteiger partial charge in [-0.05, 0) is 19.9 Å². The van der Waals surface area contributed by atoms with Crippen molar-refractivity contribution in [3.8, 4) is 0 Å². The number of esters is 1. The van der Waals surface area contributed by atoms with Crippen molar-refractivity contribution in [2.24, 2.45) is 0 Å². The van der Waals surface area contributed by atoms with Crippen LogP contribution >= 0.6 is 0 Å². The van der Waals surface area contributed by atoms with Crippen molar-refractivity contribution in [3.63, 3.8) is 0 Å². The molecule has 0 radical (unpaired) electrons. The number of carbonyl (C=O) groups is 1. The third-order valence-electron chi connectivity index (χ3n) is 2.38. The summed E-state index contributed by atoms with van der Waals surface area (Å²) >= 11 is 0. The van der Waals surface area contributed by atoms with E-state index in [4.69, 9.17) is 9.15 Å². The van der Waals surface area contributed by atoms with Gasteiger partial charge in [0.15, 0.2) is 0 Å². The summed E-state index contributed by atoms with van der Waals surface area (Å²) in [5.41, 5.74) is 0.611. The highest BCUT2D eigenvalue weighted by molar-refractivity contribution is 5.87. The number of hydrogen-bond acceptors (Lipinski definition) is 5. The van der Waals surface area contributed by atoms with Crippen LogP contribution in [0.4, 0.5) is 0 Å². The molecule has 1 heterocycles. The Labute approximate surface area is 101 Å². The maximum atomic E-state index is 11.4. The highest BCUT2D eigenvalue weighted by atomic mass is 16.5. The Hall–Kier alpha value is -1.33. The number of carbonyl (C=O) groups excluding carboxylic acids is 1. The molecule has 0 aliphatic heterocycles. The molecule has 0 unspecified atom stereocenters. The first kappa shape index (κ1) is 13.7. The van der Waals surface area contributed by atoms with E-state index in [1.54, 1.807) is 13.2 Å². The van der Waals surface area contributed by atoms with Gasteiger partial charge in [-0.2, -0.15) is 0 Å². The van der Waals surface area contributed by atoms with Crippen LogP contribution in [0, 0.1) is 0 Å². The van der Waals surface area contributed by atoms with Crippen LogP contribution in [-0.2, 0) is 16.0 Å². The molecule has 0 spiro atoms. The molecule has 0 saturated carbocycles. The zero-order chi connectivity index (χ0) is 12.9. The molecule has 1 aromatic heterocycles. The topological polar surface area (TPSA) is 60.7 Å². The molecule has 5 nitrogen and oxygen atoms in total. The Balaban J connectivity index is 2.64. The minimum absolute atomic E-state index is 0.167. The van der Waals surface area contributed by atoms with Gasteiger partial charge in [0.2, 0.25) is 5.76 Å². The summed E-state index contributed by atoms with van der Waals surface area (Å²) in [5, 5.41) is 3.29. The first-order valence-electron chi connectivity index (χ1n) is 5.39. The second kappa shape index (κ2) is 5.84. The fourth-order valence-electron chi connectivity index (χ4n) is 1.49. The van der Waals surface area contributed by atoms with Crippen molar-refractivity contribution in [1.29, 1.82) is 0 Å². The molecule has 0 amide bonds. The van der Waals surface area contributed by atoms with Crippen LogP contribution in [0.2, 0.25) is 0 Å². The minimum atomic E-state index is -0.462. The van der Waals surface area contributed by atoms with Crippen molar-refractivity contribution >= 4 is 5.97 Å². The summed E-state index contributed by atoms with van der Waals surface area (Å²) in [7, 11) is 2.98. The van der Waals surface area contributed by atoms with Gasteiger partial charge in [0.05, 0.1) is 20.0 Å². The van der Waals surface area contributed by atoms with E-state index in [9.17, 15) is 4.79 Å². The fourth-order valence-corrected chi connectivity index (χ4v) is 1.49. The summed E-state index contributed by atoms with van der Waals surface area (Å²) in [6.45, 7) is 5.15. The van der Waals surface area contributed by atoms with Gasteiger partial charge in [-0.25, -0.2) is 4.79 Å². The van der Waals surface area contributed by atoms with Gasteiger partial charge in [-0.1, -0.05) is 0 Å². The number of rotatable bonds is 6. The number of methoxy groups -OCH3 is 2. The predicted octanol–water partition coefficient (Wildman–Crippen LogP) is 1.58. The van der Waals surface area contributed by atoms with Crippen molar-refractivity contribution in [2.75, 3.05) is 20.8 Å². The van der Waals surface area contributed by atoms with Gasteiger partial charge in [0.25, 0.3) is 0 Å². The van der Waals surface area contributed by atoms with Gasteiger partial charge in [-0.15, -0.1) is 0 Å². The zero-order valence-corrected chi connectivity index (χ0v) is 10.7. The van der Waals surface area contributed by atoms with E-state index in [1.165, 1.54) is 13.4 Å². The maximum Gasteiger partial charge on any atom is 0.374 e. The number of hydrogen-bond donors (Lipinski definition) is 1. The van der Waals surface area contributed by atoms with Crippen LogP contribution in [0.5, 0.6) is 0 Å². The monoisotopic (exact) mass is 241 g/mol. The van der Waals surface area contributed by atoms with E-state index in [0.717, 1.165) is 5.56 Å². The highest BCUT2D eigenvalue weighted by Crippen LogP contribution is 2.13. The SMILES string of the molecule is COCC(C)(C)NCc1ccoc1C(=O)OC. The second-order valence-electron chi connectivity index (χ2n) is 4.44. The van der Waals surface area contributed by atoms with Crippen LogP contribution in [0.25, 0.3) is 0 Å². The first-order valence-corrected chi connectivity index (χ1v) is 5.39. The Morgan fingerprint density at radius 1 is 1.47 bits per heavy atom. The number of nitrogens with one attached hydrogen (secondary N) is 1. The predicted molar refractivity (Wildman–Crippen MR) is 62.8 cm³/mol. The van der Waals surface area contributed by atoms with E-state index in [-0.39, 0.29) is 11.3 Å². The van der Waals surface area contributed by atoms with Gasteiger partial charge >= 0.3 is 5.97 Å². The summed E-state index contributed by atoms with van der Waals surface area (Å²) < 4.78 is 14.8. The molecule has 1 N–H and O–H groups in total. The van der Waals surface area contributed by atoms with Gasteiger partial charge in [0, 0.05) is 24.8 Å². The van der Waals surface area contributed by atoms with E-state index in [2.05, 4.69) is 10.1 Å². The lowest BCUT2D eigenvalue weighted by Crippen LogP contribution is -2.42. The molecular formula is C12H19NO4. The molecule has 0 bridgehead atoms. The summed E-state index contributed by atoms with van der Waals surface area (Å²) in [5.74, 6) is -0.218. The summed E-state index contributed by atoms with van der Waals surface area (Å²) in [4.78, 5) is 11.4. The van der Waals surface area contributed by atoms with E-state index in [0.29, 0.717) is 13.2 Å². The average molecular weight is 241 g/mol. The van der Waals surface area contributed by atoms with Crippen LogP contribution in [0.3, 0.4) is 0 Å². The summed E-state index contributed by atoms with van der Waals surface area (Å²) in [6, 6.07) is 1.75. The molecule has 5 heteroatoms. The van der Waals surface area contributed by atoms with Crippen molar-refractivity contribution in [2.45, 2.75) is 25.9 Å². The largest absolute Gasteiger partial charge is 0.463 e. The van der Waals surface area contributed by atoms with E-state index >= 15 is 0 Å². The normalized spacial score (nSPS) is 11.5. The Bertz CT molecular complexity index is 370. The molecule has 0 aromatic carbocycles. The van der Waals surface area contributed by atoms with Crippen molar-refractivity contribution in [1.82, 2.24) is 5.32 Å². The molecule has 96 valence electrons. The number of furan rings is 1. The molecule has 0 atom stereocenters. The molecule has 1 aromatic rings. The molecule has 17 heavy (non-hydrogen) atoms. The molecule has 0 aliphatic rings. The minimum Gasteiger partial charge on any atom is -0.463 e. The molecule has 1 rings (SSSR count). The lowest BCUT2D eigenvalue weighted by atomic mass is 10.1. The van der Waals surface area contributed by atoms with Crippen molar-refractivity contribution < 1.29 is 18.7 Å². The number of ether oxygens (including phenoxy) is 2.